The summed E-state index contributed by atoms with van der Waals surface area (Å²) in [6.07, 6.45) is 1.64. The standard InChI is InChI=1S/C22H30N4O7S/c1-3-31-22(28)20-19(23)21(25-34(20,29)30)24-12-18(33-15(2)27)14-32-17-8-6-7-16(11-17)13-26-9-4-5-10-26/h6-8,11,18H,3-5,9-10,12-14,23H2,1-2H3,(H,24,25). The van der Waals surface area contributed by atoms with Crippen molar-refractivity contribution in [3.8, 4) is 5.75 Å². The minimum Gasteiger partial charge on any atom is -0.490 e. The number of ether oxygens (including phenoxy) is 3. The van der Waals surface area contributed by atoms with Gasteiger partial charge in [0, 0.05) is 13.5 Å². The summed E-state index contributed by atoms with van der Waals surface area (Å²) in [5, 5.41) is 2.73. The average molecular weight is 495 g/mol. The molecule has 0 spiro atoms. The van der Waals surface area contributed by atoms with Crippen molar-refractivity contribution in [2.45, 2.75) is 39.3 Å². The van der Waals surface area contributed by atoms with Gasteiger partial charge in [-0.05, 0) is 50.6 Å². The minimum atomic E-state index is -4.29. The summed E-state index contributed by atoms with van der Waals surface area (Å²) in [4.78, 5) is 25.2. The number of carbonyl (C=O) groups is 2. The van der Waals surface area contributed by atoms with Gasteiger partial charge in [0.2, 0.25) is 4.91 Å². The molecule has 2 aliphatic heterocycles. The van der Waals surface area contributed by atoms with E-state index in [0.29, 0.717) is 5.75 Å². The van der Waals surface area contributed by atoms with Crippen LogP contribution < -0.4 is 15.8 Å². The zero-order valence-corrected chi connectivity index (χ0v) is 20.1. The Morgan fingerprint density at radius 2 is 2.00 bits per heavy atom. The van der Waals surface area contributed by atoms with Crippen LogP contribution in [0.25, 0.3) is 0 Å². The molecule has 2 heterocycles. The molecule has 1 atom stereocenters. The molecule has 1 fully saturated rings. The minimum absolute atomic E-state index is 0.00807. The maximum atomic E-state index is 12.2. The van der Waals surface area contributed by atoms with E-state index < -0.39 is 33.0 Å². The van der Waals surface area contributed by atoms with E-state index in [4.69, 9.17) is 19.9 Å². The van der Waals surface area contributed by atoms with E-state index in [2.05, 4.69) is 14.6 Å². The SMILES string of the molecule is CCOC(=O)C1=C(N)C(NCC(COc2cccc(CN3CCCC3)c2)OC(C)=O)=NS1(=O)=O. The predicted molar refractivity (Wildman–Crippen MR) is 124 cm³/mol. The summed E-state index contributed by atoms with van der Waals surface area (Å²) in [7, 11) is -4.29. The first-order chi connectivity index (χ1) is 16.2. The van der Waals surface area contributed by atoms with E-state index in [1.807, 2.05) is 24.3 Å². The topological polar surface area (TPSA) is 150 Å². The first-order valence-corrected chi connectivity index (χ1v) is 12.5. The number of nitrogens with two attached hydrogens (primary N) is 1. The number of nitrogens with one attached hydrogen (secondary N) is 1. The van der Waals surface area contributed by atoms with Crippen LogP contribution in [0.4, 0.5) is 0 Å². The lowest BCUT2D eigenvalue weighted by Gasteiger charge is -2.19. The van der Waals surface area contributed by atoms with Crippen molar-refractivity contribution in [3.63, 3.8) is 0 Å². The Labute approximate surface area is 199 Å². The van der Waals surface area contributed by atoms with Crippen molar-refractivity contribution in [3.05, 3.63) is 40.4 Å². The number of amidine groups is 1. The molecule has 11 nitrogen and oxygen atoms in total. The van der Waals surface area contributed by atoms with Gasteiger partial charge in [0.05, 0.1) is 13.2 Å². The maximum absolute atomic E-state index is 12.2. The summed E-state index contributed by atoms with van der Waals surface area (Å²) in [6, 6.07) is 7.69. The maximum Gasteiger partial charge on any atom is 0.354 e. The Kier molecular flexibility index (Phi) is 8.51. The molecule has 1 aromatic rings. The van der Waals surface area contributed by atoms with Crippen LogP contribution in [-0.2, 0) is 35.6 Å². The second-order valence-electron chi connectivity index (χ2n) is 7.93. The van der Waals surface area contributed by atoms with Crippen LogP contribution in [0.5, 0.6) is 5.75 Å². The van der Waals surface area contributed by atoms with Gasteiger partial charge in [-0.15, -0.1) is 4.40 Å². The molecule has 34 heavy (non-hydrogen) atoms. The fourth-order valence-corrected chi connectivity index (χ4v) is 4.84. The number of likely N-dealkylation sites (tertiary alicyclic amines) is 1. The van der Waals surface area contributed by atoms with Gasteiger partial charge in [-0.1, -0.05) is 12.1 Å². The number of sulfonamides is 1. The van der Waals surface area contributed by atoms with E-state index in [1.54, 1.807) is 6.92 Å². The average Bonchev–Trinajstić information content (AvgIpc) is 3.35. The number of hydrogen-bond acceptors (Lipinski definition) is 10. The summed E-state index contributed by atoms with van der Waals surface area (Å²) in [5.41, 5.74) is 6.60. The first kappa shape index (κ1) is 25.5. The van der Waals surface area contributed by atoms with E-state index >= 15 is 0 Å². The number of nitrogens with zero attached hydrogens (tertiary/aromatic N) is 2. The van der Waals surface area contributed by atoms with E-state index in [0.717, 1.165) is 25.2 Å². The lowest BCUT2D eigenvalue weighted by Crippen LogP contribution is -2.39. The zero-order valence-electron chi connectivity index (χ0n) is 19.3. The Hall–Kier alpha value is -3.12. The molecule has 186 valence electrons. The molecule has 3 N–H and O–H groups in total. The molecule has 0 bridgehead atoms. The molecule has 0 radical (unpaired) electrons. The van der Waals surface area contributed by atoms with Gasteiger partial charge in [-0.2, -0.15) is 8.42 Å². The van der Waals surface area contributed by atoms with Crippen molar-refractivity contribution in [2.75, 3.05) is 32.8 Å². The van der Waals surface area contributed by atoms with Crippen molar-refractivity contribution in [1.82, 2.24) is 10.2 Å². The molecule has 12 heteroatoms. The Morgan fingerprint density at radius 1 is 1.26 bits per heavy atom. The number of rotatable bonds is 10. The van der Waals surface area contributed by atoms with Gasteiger partial charge in [0.1, 0.15) is 18.1 Å². The molecule has 0 amide bonds. The smallest absolute Gasteiger partial charge is 0.354 e. The van der Waals surface area contributed by atoms with E-state index in [-0.39, 0.29) is 31.3 Å². The van der Waals surface area contributed by atoms with Gasteiger partial charge in [0.25, 0.3) is 10.0 Å². The Morgan fingerprint density at radius 3 is 2.68 bits per heavy atom. The normalized spacial score (nSPS) is 18.4. The fraction of sp³-hybridized carbons (Fsp3) is 0.500. The summed E-state index contributed by atoms with van der Waals surface area (Å²) in [6.45, 7) is 5.76. The quantitative estimate of drug-likeness (QED) is 0.444. The summed E-state index contributed by atoms with van der Waals surface area (Å²) in [5.74, 6) is -1.20. The van der Waals surface area contributed by atoms with Gasteiger partial charge >= 0.3 is 11.9 Å². The van der Waals surface area contributed by atoms with E-state index in [1.165, 1.54) is 19.8 Å². The molecular formula is C22H30N4O7S. The second kappa shape index (κ2) is 11.3. The lowest BCUT2D eigenvalue weighted by molar-refractivity contribution is -0.147. The van der Waals surface area contributed by atoms with Gasteiger partial charge < -0.3 is 25.3 Å². The highest BCUT2D eigenvalue weighted by molar-refractivity contribution is 7.95. The molecule has 0 saturated carbocycles. The molecule has 0 aliphatic carbocycles. The third-order valence-corrected chi connectivity index (χ3v) is 6.52. The van der Waals surface area contributed by atoms with E-state index in [9.17, 15) is 18.0 Å². The highest BCUT2D eigenvalue weighted by Gasteiger charge is 2.37. The Balaban J connectivity index is 1.62. The molecule has 1 aromatic carbocycles. The van der Waals surface area contributed by atoms with Gasteiger partial charge in [-0.25, -0.2) is 4.79 Å². The molecule has 2 aliphatic rings. The second-order valence-corrected chi connectivity index (χ2v) is 9.47. The van der Waals surface area contributed by atoms with Crippen LogP contribution in [-0.4, -0.2) is 70.0 Å². The lowest BCUT2D eigenvalue weighted by atomic mass is 10.2. The first-order valence-electron chi connectivity index (χ1n) is 11.1. The highest BCUT2D eigenvalue weighted by Crippen LogP contribution is 2.22. The third kappa shape index (κ3) is 6.70. The van der Waals surface area contributed by atoms with Crippen molar-refractivity contribution in [2.24, 2.45) is 10.1 Å². The molecule has 0 aromatic heterocycles. The van der Waals surface area contributed by atoms with Crippen LogP contribution >= 0.6 is 0 Å². The number of hydrogen-bond donors (Lipinski definition) is 2. The van der Waals surface area contributed by atoms with Crippen molar-refractivity contribution >= 4 is 27.8 Å². The van der Waals surface area contributed by atoms with Crippen molar-refractivity contribution in [1.29, 1.82) is 0 Å². The monoisotopic (exact) mass is 494 g/mol. The van der Waals surface area contributed by atoms with Crippen LogP contribution in [0.15, 0.2) is 39.3 Å². The number of benzene rings is 1. The van der Waals surface area contributed by atoms with Crippen LogP contribution in [0.1, 0.15) is 32.3 Å². The van der Waals surface area contributed by atoms with Crippen LogP contribution in [0, 0.1) is 0 Å². The summed E-state index contributed by atoms with van der Waals surface area (Å²) < 4.78 is 43.8. The third-order valence-electron chi connectivity index (χ3n) is 5.20. The number of carbonyl (C=O) groups excluding carboxylic acids is 2. The van der Waals surface area contributed by atoms with Crippen molar-refractivity contribution < 1.29 is 32.2 Å². The summed E-state index contributed by atoms with van der Waals surface area (Å²) >= 11 is 0. The van der Waals surface area contributed by atoms with Gasteiger partial charge in [0.15, 0.2) is 11.9 Å². The molecule has 3 rings (SSSR count). The van der Waals surface area contributed by atoms with Crippen LogP contribution in [0.3, 0.4) is 0 Å². The molecular weight excluding hydrogens is 464 g/mol. The van der Waals surface area contributed by atoms with Gasteiger partial charge in [-0.3, -0.25) is 9.69 Å². The zero-order chi connectivity index (χ0) is 24.7. The highest BCUT2D eigenvalue weighted by atomic mass is 32.2. The van der Waals surface area contributed by atoms with Crippen LogP contribution in [0.2, 0.25) is 0 Å². The molecule has 1 saturated heterocycles. The predicted octanol–water partition coefficient (Wildman–Crippen LogP) is 0.658. The largest absolute Gasteiger partial charge is 0.490 e. The Bertz CT molecular complexity index is 1080. The fourth-order valence-electron chi connectivity index (χ4n) is 3.70. The molecule has 1 unspecified atom stereocenters. The number of esters is 2.